The van der Waals surface area contributed by atoms with Crippen molar-refractivity contribution < 1.29 is 19.7 Å². The fourth-order valence-electron chi connectivity index (χ4n) is 3.01. The van der Waals surface area contributed by atoms with Gasteiger partial charge in [0.25, 0.3) is 0 Å². The molecule has 0 amide bonds. The minimum absolute atomic E-state index is 0.0705. The van der Waals surface area contributed by atoms with Crippen LogP contribution >= 0.6 is 0 Å². The lowest BCUT2D eigenvalue weighted by Gasteiger charge is -2.10. The Morgan fingerprint density at radius 1 is 1.26 bits per heavy atom. The second-order valence-corrected chi connectivity index (χ2v) is 5.88. The number of carbonyl (C=O) groups is 1. The fourth-order valence-corrected chi connectivity index (χ4v) is 3.01. The molecule has 4 aromatic rings. The van der Waals surface area contributed by atoms with Crippen molar-refractivity contribution in [3.05, 3.63) is 60.2 Å². The Morgan fingerprint density at radius 3 is 2.85 bits per heavy atom. The normalized spacial score (nSPS) is 11.0. The second kappa shape index (κ2) is 6.58. The quantitative estimate of drug-likeness (QED) is 0.502. The fraction of sp³-hybridized carbons (Fsp3) is 0.105. The van der Waals surface area contributed by atoms with E-state index in [9.17, 15) is 15.0 Å². The number of hydrogen-bond donors (Lipinski definition) is 3. The van der Waals surface area contributed by atoms with Crippen molar-refractivity contribution in [2.24, 2.45) is 0 Å². The van der Waals surface area contributed by atoms with Crippen molar-refractivity contribution in [2.45, 2.75) is 6.61 Å². The summed E-state index contributed by atoms with van der Waals surface area (Å²) in [5.41, 5.74) is 3.09. The molecule has 27 heavy (non-hydrogen) atoms. The number of aromatic carboxylic acids is 1. The molecule has 0 unspecified atom stereocenters. The Morgan fingerprint density at radius 2 is 2.11 bits per heavy atom. The predicted octanol–water partition coefficient (Wildman–Crippen LogP) is 2.61. The van der Waals surface area contributed by atoms with Gasteiger partial charge in [0.15, 0.2) is 0 Å². The van der Waals surface area contributed by atoms with Crippen LogP contribution in [0.2, 0.25) is 0 Å². The van der Waals surface area contributed by atoms with Gasteiger partial charge in [-0.1, -0.05) is 0 Å². The Hall–Kier alpha value is -3.65. The number of aromatic nitrogens is 4. The molecule has 0 atom stereocenters. The van der Waals surface area contributed by atoms with Gasteiger partial charge in [-0.25, -0.2) is 14.8 Å². The number of aliphatic hydroxyl groups excluding tert-OH is 1. The van der Waals surface area contributed by atoms with Gasteiger partial charge in [0.2, 0.25) is 0 Å². The number of hydrogen-bond acceptors (Lipinski definition) is 5. The third kappa shape index (κ3) is 2.91. The van der Waals surface area contributed by atoms with Crippen molar-refractivity contribution in [1.29, 1.82) is 0 Å². The van der Waals surface area contributed by atoms with E-state index < -0.39 is 5.97 Å². The van der Waals surface area contributed by atoms with E-state index in [0.717, 1.165) is 16.7 Å². The highest BCUT2D eigenvalue weighted by Crippen LogP contribution is 2.28. The third-order valence-electron chi connectivity index (χ3n) is 4.27. The molecule has 8 heteroatoms. The number of H-pyrrole nitrogens is 1. The van der Waals surface area contributed by atoms with Gasteiger partial charge < -0.3 is 19.9 Å². The van der Waals surface area contributed by atoms with Crippen molar-refractivity contribution in [3.63, 3.8) is 0 Å². The Kier molecular flexibility index (Phi) is 4.09. The number of nitrogens with one attached hydrogen (secondary N) is 1. The highest BCUT2D eigenvalue weighted by atomic mass is 16.5. The summed E-state index contributed by atoms with van der Waals surface area (Å²) in [6, 6.07) is 10.6. The van der Waals surface area contributed by atoms with E-state index in [2.05, 4.69) is 15.0 Å². The molecule has 0 spiro atoms. The van der Waals surface area contributed by atoms with Gasteiger partial charge >= 0.3 is 5.97 Å². The van der Waals surface area contributed by atoms with E-state index in [4.69, 9.17) is 4.74 Å². The number of benzene rings is 2. The minimum atomic E-state index is -1.07. The molecule has 0 aliphatic rings. The lowest BCUT2D eigenvalue weighted by molar-refractivity contribution is 0.0693. The number of carboxylic acid groups (broad SMARTS) is 1. The van der Waals surface area contributed by atoms with Crippen LogP contribution in [-0.2, 0) is 6.61 Å². The first-order valence-corrected chi connectivity index (χ1v) is 8.15. The van der Waals surface area contributed by atoms with E-state index in [0.29, 0.717) is 23.0 Å². The molecule has 0 radical (unpaired) electrons. The first kappa shape index (κ1) is 16.8. The first-order valence-electron chi connectivity index (χ1n) is 8.15. The number of aromatic amines is 1. The van der Waals surface area contributed by atoms with E-state index in [1.54, 1.807) is 30.6 Å². The number of nitrogens with zero attached hydrogens (tertiary/aromatic N) is 3. The zero-order valence-corrected chi connectivity index (χ0v) is 14.4. The summed E-state index contributed by atoms with van der Waals surface area (Å²) < 4.78 is 6.97. The molecule has 0 saturated carbocycles. The maximum atomic E-state index is 11.5. The molecule has 0 aliphatic carbocycles. The number of fused-ring (bicyclic) bond motifs is 1. The van der Waals surface area contributed by atoms with E-state index in [-0.39, 0.29) is 12.2 Å². The average molecular weight is 364 g/mol. The van der Waals surface area contributed by atoms with E-state index in [1.807, 2.05) is 22.8 Å². The van der Waals surface area contributed by atoms with Crippen LogP contribution in [0.5, 0.6) is 5.75 Å². The Labute approximate surface area is 153 Å². The van der Waals surface area contributed by atoms with E-state index >= 15 is 0 Å². The summed E-state index contributed by atoms with van der Waals surface area (Å²) in [5.74, 6) is 0.317. The van der Waals surface area contributed by atoms with Gasteiger partial charge in [0.05, 0.1) is 18.1 Å². The van der Waals surface area contributed by atoms with Gasteiger partial charge in [-0.2, -0.15) is 0 Å². The average Bonchev–Trinajstić information content (AvgIpc) is 3.33. The molecule has 0 fully saturated rings. The van der Waals surface area contributed by atoms with Crippen LogP contribution in [0.15, 0.2) is 48.8 Å². The smallest absolute Gasteiger partial charge is 0.339 e. The van der Waals surface area contributed by atoms with Crippen LogP contribution < -0.4 is 4.74 Å². The zero-order chi connectivity index (χ0) is 19.0. The minimum Gasteiger partial charge on any atom is -0.496 e. The van der Waals surface area contributed by atoms with Gasteiger partial charge in [-0.05, 0) is 36.4 Å². The molecule has 3 N–H and O–H groups in total. The Bertz CT molecular complexity index is 1150. The van der Waals surface area contributed by atoms with Gasteiger partial charge in [0, 0.05) is 23.6 Å². The van der Waals surface area contributed by atoms with Crippen LogP contribution in [-0.4, -0.2) is 42.8 Å². The highest BCUT2D eigenvalue weighted by Gasteiger charge is 2.15. The molecule has 4 rings (SSSR count). The maximum absolute atomic E-state index is 11.5. The Balaban J connectivity index is 1.81. The predicted molar refractivity (Wildman–Crippen MR) is 98.1 cm³/mol. The number of aliphatic hydroxyl groups is 1. The molecular formula is C19H16N4O4. The second-order valence-electron chi connectivity index (χ2n) is 5.88. The highest BCUT2D eigenvalue weighted by molar-refractivity contribution is 5.92. The molecule has 136 valence electrons. The van der Waals surface area contributed by atoms with Crippen molar-refractivity contribution in [2.75, 3.05) is 7.11 Å². The van der Waals surface area contributed by atoms with Crippen molar-refractivity contribution in [3.8, 4) is 22.8 Å². The lowest BCUT2D eigenvalue weighted by Crippen LogP contribution is -2.02. The van der Waals surface area contributed by atoms with Crippen LogP contribution in [0, 0.1) is 0 Å². The number of methoxy groups -OCH3 is 1. The monoisotopic (exact) mass is 364 g/mol. The number of carboxylic acids is 1. The largest absolute Gasteiger partial charge is 0.496 e. The molecule has 0 aliphatic heterocycles. The lowest BCUT2D eigenvalue weighted by atomic mass is 10.1. The standard InChI is InChI=1S/C19H16N4O4/c1-27-16-5-2-11(8-13(16)19(25)26)18-20-6-7-23(18)12-3-4-14-15(9-12)22-17(10-24)21-14/h2-9,24H,10H2,1H3,(H,21,22)(H,25,26). The first-order chi connectivity index (χ1) is 13.1. The van der Waals surface area contributed by atoms with Gasteiger partial charge in [-0.3, -0.25) is 4.57 Å². The molecular weight excluding hydrogens is 348 g/mol. The molecule has 2 aromatic heterocycles. The molecule has 2 aromatic carbocycles. The summed E-state index contributed by atoms with van der Waals surface area (Å²) in [6.07, 6.45) is 3.45. The molecule has 8 nitrogen and oxygen atoms in total. The van der Waals surface area contributed by atoms with E-state index in [1.165, 1.54) is 7.11 Å². The number of imidazole rings is 2. The SMILES string of the molecule is COc1ccc(-c2nccn2-c2ccc3nc(CO)[nH]c3c2)cc1C(=O)O. The van der Waals surface area contributed by atoms with Crippen LogP contribution in [0.25, 0.3) is 28.1 Å². The number of ether oxygens (including phenoxy) is 1. The maximum Gasteiger partial charge on any atom is 0.339 e. The summed E-state index contributed by atoms with van der Waals surface area (Å²) in [5, 5.41) is 18.6. The van der Waals surface area contributed by atoms with Crippen molar-refractivity contribution >= 4 is 17.0 Å². The third-order valence-corrected chi connectivity index (χ3v) is 4.27. The topological polar surface area (TPSA) is 113 Å². The summed E-state index contributed by atoms with van der Waals surface area (Å²) in [6.45, 7) is -0.163. The van der Waals surface area contributed by atoms with Crippen molar-refractivity contribution in [1.82, 2.24) is 19.5 Å². The molecule has 0 saturated heterocycles. The van der Waals surface area contributed by atoms with Gasteiger partial charge in [0.1, 0.15) is 29.6 Å². The van der Waals surface area contributed by atoms with Crippen LogP contribution in [0.1, 0.15) is 16.2 Å². The molecule has 2 heterocycles. The summed E-state index contributed by atoms with van der Waals surface area (Å²) in [4.78, 5) is 23.2. The summed E-state index contributed by atoms with van der Waals surface area (Å²) >= 11 is 0. The molecule has 0 bridgehead atoms. The summed E-state index contributed by atoms with van der Waals surface area (Å²) in [7, 11) is 1.43. The zero-order valence-electron chi connectivity index (χ0n) is 14.4. The van der Waals surface area contributed by atoms with Gasteiger partial charge in [-0.15, -0.1) is 0 Å². The van der Waals surface area contributed by atoms with Crippen LogP contribution in [0.3, 0.4) is 0 Å². The van der Waals surface area contributed by atoms with Crippen LogP contribution in [0.4, 0.5) is 0 Å². The number of rotatable bonds is 5.